The van der Waals surface area contributed by atoms with Gasteiger partial charge in [-0.15, -0.1) is 16.4 Å². The van der Waals surface area contributed by atoms with Crippen LogP contribution in [0.15, 0.2) is 59.4 Å². The zero-order chi connectivity index (χ0) is 26.0. The molecule has 188 valence electrons. The van der Waals surface area contributed by atoms with Crippen LogP contribution in [0.25, 0.3) is 10.7 Å². The number of carbonyl (C=O) groups is 1. The van der Waals surface area contributed by atoms with E-state index in [-0.39, 0.29) is 36.3 Å². The third-order valence-electron chi connectivity index (χ3n) is 5.39. The van der Waals surface area contributed by atoms with E-state index in [4.69, 9.17) is 11.6 Å². The molecular weight excluding hydrogens is 525 g/mol. The maximum atomic E-state index is 14.2. The molecule has 2 heterocycles. The number of hydrogen-bond donors (Lipinski definition) is 0. The summed E-state index contributed by atoms with van der Waals surface area (Å²) in [5, 5.41) is 4.22. The summed E-state index contributed by atoms with van der Waals surface area (Å²) in [7, 11) is 0. The molecule has 0 fully saturated rings. The maximum absolute atomic E-state index is 14.2. The fourth-order valence-corrected chi connectivity index (χ4v) is 4.75. The van der Waals surface area contributed by atoms with Crippen LogP contribution in [0.4, 0.5) is 22.0 Å². The first-order valence-electron chi connectivity index (χ1n) is 10.6. The Morgan fingerprint density at radius 2 is 1.67 bits per heavy atom. The van der Waals surface area contributed by atoms with E-state index in [0.29, 0.717) is 15.3 Å². The molecular formula is C24H17ClF5N3O2S. The van der Waals surface area contributed by atoms with Crippen molar-refractivity contribution in [2.45, 2.75) is 32.1 Å². The molecule has 2 aromatic carbocycles. The SMILES string of the molecule is O=C(CCc1cccc(F)c1C(F)(F)F)Cn1nc(-c2ccc(Cl)s2)n(Cc2ccccc2F)c1=O. The van der Waals surface area contributed by atoms with Gasteiger partial charge in [0, 0.05) is 12.0 Å². The lowest BCUT2D eigenvalue weighted by atomic mass is 10.0. The van der Waals surface area contributed by atoms with Gasteiger partial charge in [0.15, 0.2) is 11.6 Å². The molecule has 0 aliphatic rings. The molecule has 0 bridgehead atoms. The van der Waals surface area contributed by atoms with Crippen LogP contribution in [0.5, 0.6) is 0 Å². The summed E-state index contributed by atoms with van der Waals surface area (Å²) in [6.07, 6.45) is -5.66. The summed E-state index contributed by atoms with van der Waals surface area (Å²) in [6.45, 7) is -0.686. The second-order valence-corrected chi connectivity index (χ2v) is 9.57. The molecule has 0 amide bonds. The van der Waals surface area contributed by atoms with Crippen molar-refractivity contribution < 1.29 is 26.7 Å². The average molecular weight is 542 g/mol. The van der Waals surface area contributed by atoms with Crippen molar-refractivity contribution in [1.29, 1.82) is 0 Å². The number of ketones is 1. The van der Waals surface area contributed by atoms with Crippen LogP contribution < -0.4 is 5.69 Å². The van der Waals surface area contributed by atoms with Crippen LogP contribution in [0.2, 0.25) is 4.34 Å². The van der Waals surface area contributed by atoms with Crippen LogP contribution in [0, 0.1) is 11.6 Å². The number of benzene rings is 2. The zero-order valence-electron chi connectivity index (χ0n) is 18.4. The quantitative estimate of drug-likeness (QED) is 0.258. The number of aromatic nitrogens is 3. The first-order valence-corrected chi connectivity index (χ1v) is 11.8. The minimum atomic E-state index is -4.91. The van der Waals surface area contributed by atoms with Crippen molar-refractivity contribution >= 4 is 28.7 Å². The third kappa shape index (κ3) is 5.57. The molecule has 0 saturated carbocycles. The van der Waals surface area contributed by atoms with E-state index in [2.05, 4.69) is 5.10 Å². The molecule has 2 aromatic heterocycles. The van der Waals surface area contributed by atoms with Gasteiger partial charge >= 0.3 is 11.9 Å². The fraction of sp³-hybridized carbons (Fsp3) is 0.208. The highest BCUT2D eigenvalue weighted by Crippen LogP contribution is 2.34. The fourth-order valence-electron chi connectivity index (χ4n) is 3.72. The predicted molar refractivity (Wildman–Crippen MR) is 125 cm³/mol. The van der Waals surface area contributed by atoms with Crippen LogP contribution in [0.1, 0.15) is 23.1 Å². The highest BCUT2D eigenvalue weighted by molar-refractivity contribution is 7.19. The molecule has 12 heteroatoms. The summed E-state index contributed by atoms with van der Waals surface area (Å²) >= 11 is 7.14. The van der Waals surface area contributed by atoms with Crippen LogP contribution >= 0.6 is 22.9 Å². The topological polar surface area (TPSA) is 56.9 Å². The van der Waals surface area contributed by atoms with Gasteiger partial charge in [0.1, 0.15) is 18.2 Å². The summed E-state index contributed by atoms with van der Waals surface area (Å²) in [5.74, 6) is -2.37. The molecule has 5 nitrogen and oxygen atoms in total. The molecule has 0 atom stereocenters. The van der Waals surface area contributed by atoms with Crippen molar-refractivity contribution in [2.24, 2.45) is 0 Å². The first kappa shape index (κ1) is 25.8. The Balaban J connectivity index is 1.59. The lowest BCUT2D eigenvalue weighted by molar-refractivity contribution is -0.140. The zero-order valence-corrected chi connectivity index (χ0v) is 19.9. The second-order valence-electron chi connectivity index (χ2n) is 7.86. The van der Waals surface area contributed by atoms with E-state index in [9.17, 15) is 31.5 Å². The molecule has 0 unspecified atom stereocenters. The Bertz CT molecular complexity index is 1480. The van der Waals surface area contributed by atoms with Gasteiger partial charge in [-0.3, -0.25) is 9.36 Å². The van der Waals surface area contributed by atoms with Gasteiger partial charge in [-0.05, 0) is 36.2 Å². The van der Waals surface area contributed by atoms with Crippen molar-refractivity contribution in [1.82, 2.24) is 14.3 Å². The molecule has 0 aliphatic carbocycles. The number of halogens is 6. The summed E-state index contributed by atoms with van der Waals surface area (Å²) < 4.78 is 70.2. The number of aryl methyl sites for hydroxylation is 1. The summed E-state index contributed by atoms with van der Waals surface area (Å²) in [5.41, 5.74) is -2.25. The van der Waals surface area contributed by atoms with Gasteiger partial charge in [-0.1, -0.05) is 41.9 Å². The highest BCUT2D eigenvalue weighted by Gasteiger charge is 2.36. The highest BCUT2D eigenvalue weighted by atomic mass is 35.5. The van der Waals surface area contributed by atoms with Gasteiger partial charge < -0.3 is 0 Å². The molecule has 4 rings (SSSR count). The smallest absolute Gasteiger partial charge is 0.298 e. The van der Waals surface area contributed by atoms with Crippen molar-refractivity contribution in [2.75, 3.05) is 0 Å². The van der Waals surface area contributed by atoms with Gasteiger partial charge in [0.25, 0.3) is 0 Å². The van der Waals surface area contributed by atoms with E-state index >= 15 is 0 Å². The minimum absolute atomic E-state index is 0.164. The normalized spacial score (nSPS) is 11.7. The molecule has 0 saturated heterocycles. The third-order valence-corrected chi connectivity index (χ3v) is 6.61. The molecule has 36 heavy (non-hydrogen) atoms. The van der Waals surface area contributed by atoms with E-state index in [1.807, 2.05) is 0 Å². The minimum Gasteiger partial charge on any atom is -0.298 e. The molecule has 4 aromatic rings. The standard InChI is InChI=1S/C24H17ClF5N3O2S/c25-20-11-10-19(36-20)22-31-33(23(35)32(22)12-15-4-1-2-6-17(15)26)13-16(34)9-8-14-5-3-7-18(27)21(14)24(28,29)30/h1-7,10-11H,8-9,12-13H2. The van der Waals surface area contributed by atoms with E-state index in [1.165, 1.54) is 22.8 Å². The van der Waals surface area contributed by atoms with Gasteiger partial charge in [0.2, 0.25) is 0 Å². The van der Waals surface area contributed by atoms with Crippen LogP contribution in [0.3, 0.4) is 0 Å². The number of hydrogen-bond acceptors (Lipinski definition) is 4. The van der Waals surface area contributed by atoms with Gasteiger partial charge in [-0.2, -0.15) is 13.2 Å². The number of rotatable bonds is 8. The Morgan fingerprint density at radius 1 is 0.972 bits per heavy atom. The molecule has 0 spiro atoms. The largest absolute Gasteiger partial charge is 0.419 e. The number of thiophene rings is 1. The summed E-state index contributed by atoms with van der Waals surface area (Å²) in [4.78, 5) is 26.2. The van der Waals surface area contributed by atoms with E-state index < -0.39 is 41.4 Å². The number of alkyl halides is 3. The predicted octanol–water partition coefficient (Wildman–Crippen LogP) is 5.97. The van der Waals surface area contributed by atoms with Crippen LogP contribution in [-0.2, 0) is 30.5 Å². The number of Topliss-reactive ketones (excluding diaryl/α,β-unsaturated/α-hetero) is 1. The Kier molecular flexibility index (Phi) is 7.41. The number of nitrogens with zero attached hydrogens (tertiary/aromatic N) is 3. The molecule has 0 N–H and O–H groups in total. The lowest BCUT2D eigenvalue weighted by Gasteiger charge is -2.13. The number of carbonyl (C=O) groups excluding carboxylic acids is 1. The Morgan fingerprint density at radius 3 is 2.33 bits per heavy atom. The van der Waals surface area contributed by atoms with Crippen molar-refractivity contribution in [3.8, 4) is 10.7 Å². The lowest BCUT2D eigenvalue weighted by Crippen LogP contribution is -2.28. The average Bonchev–Trinajstić information content (AvgIpc) is 3.36. The van der Waals surface area contributed by atoms with Crippen molar-refractivity contribution in [3.63, 3.8) is 0 Å². The summed E-state index contributed by atoms with van der Waals surface area (Å²) in [6, 6.07) is 12.0. The van der Waals surface area contributed by atoms with E-state index in [0.717, 1.165) is 28.2 Å². The maximum Gasteiger partial charge on any atom is 0.419 e. The van der Waals surface area contributed by atoms with Gasteiger partial charge in [-0.25, -0.2) is 18.3 Å². The second kappa shape index (κ2) is 10.4. The van der Waals surface area contributed by atoms with Crippen molar-refractivity contribution in [3.05, 3.63) is 97.7 Å². The van der Waals surface area contributed by atoms with Crippen LogP contribution in [-0.4, -0.2) is 20.1 Å². The van der Waals surface area contributed by atoms with Gasteiger partial charge in [0.05, 0.1) is 21.3 Å². The molecule has 0 aliphatic heterocycles. The monoisotopic (exact) mass is 541 g/mol. The molecule has 0 radical (unpaired) electrons. The van der Waals surface area contributed by atoms with E-state index in [1.54, 1.807) is 18.2 Å². The Labute approximate surface area is 210 Å². The Hall–Kier alpha value is -3.31. The first-order chi connectivity index (χ1) is 17.0.